The van der Waals surface area contributed by atoms with E-state index in [0.717, 1.165) is 12.1 Å². The van der Waals surface area contributed by atoms with Crippen molar-refractivity contribution >= 4 is 11.9 Å². The summed E-state index contributed by atoms with van der Waals surface area (Å²) in [5.41, 5.74) is -1.80. The van der Waals surface area contributed by atoms with E-state index in [9.17, 15) is 22.8 Å². The molecule has 0 radical (unpaired) electrons. The summed E-state index contributed by atoms with van der Waals surface area (Å²) < 4.78 is 42.6. The molecule has 0 spiro atoms. The molecule has 0 aromatic heterocycles. The molecule has 2 N–H and O–H groups in total. The predicted molar refractivity (Wildman–Crippen MR) is 80.4 cm³/mol. The summed E-state index contributed by atoms with van der Waals surface area (Å²) in [6.45, 7) is 1.13. The van der Waals surface area contributed by atoms with Crippen molar-refractivity contribution in [3.8, 4) is 0 Å². The second-order valence-corrected chi connectivity index (χ2v) is 5.67. The fourth-order valence-electron chi connectivity index (χ4n) is 2.17. The molecule has 1 rings (SSSR count). The van der Waals surface area contributed by atoms with Crippen molar-refractivity contribution < 1.29 is 32.6 Å². The topological polar surface area (TPSA) is 75.6 Å². The van der Waals surface area contributed by atoms with E-state index < -0.39 is 29.2 Å². The lowest BCUT2D eigenvalue weighted by Gasteiger charge is -2.25. The number of nitrogens with one attached hydrogen (secondary N) is 1. The maximum absolute atomic E-state index is 12.6. The number of methoxy groups -OCH3 is 1. The summed E-state index contributed by atoms with van der Waals surface area (Å²) in [6, 6.07) is 4.90. The van der Waals surface area contributed by atoms with Crippen molar-refractivity contribution in [2.24, 2.45) is 0 Å². The highest BCUT2D eigenvalue weighted by atomic mass is 19.4. The fourth-order valence-corrected chi connectivity index (χ4v) is 2.17. The molecule has 0 heterocycles. The number of carboxylic acid groups (broad SMARTS) is 1. The van der Waals surface area contributed by atoms with Gasteiger partial charge in [-0.3, -0.25) is 4.79 Å². The minimum atomic E-state index is -4.41. The van der Waals surface area contributed by atoms with E-state index in [2.05, 4.69) is 5.32 Å². The van der Waals surface area contributed by atoms with E-state index in [1.807, 2.05) is 0 Å². The number of ether oxygens (including phenoxy) is 1. The number of carbonyl (C=O) groups excluding carboxylic acids is 1. The Morgan fingerprint density at radius 3 is 2.50 bits per heavy atom. The molecular weight excluding hydrogens is 327 g/mol. The SMILES string of the molecule is COCC(C)(NC(=O)CCCc1cccc(C(F)(F)F)c1)C(=O)O. The molecule has 134 valence electrons. The molecular formula is C16H20F3NO4. The predicted octanol–water partition coefficient (Wildman–Crippen LogP) is 2.63. The third kappa shape index (κ3) is 5.84. The standard InChI is InChI=1S/C16H20F3NO4/c1-15(10-24-2,14(22)23)20-13(21)8-4-6-11-5-3-7-12(9-11)16(17,18)19/h3,5,7,9H,4,6,8,10H2,1-2H3,(H,20,21)(H,22,23). The molecule has 0 fully saturated rings. The number of rotatable bonds is 8. The molecule has 0 saturated heterocycles. The van der Waals surface area contributed by atoms with Crippen LogP contribution in [0.15, 0.2) is 24.3 Å². The van der Waals surface area contributed by atoms with Crippen LogP contribution in [0.5, 0.6) is 0 Å². The number of aryl methyl sites for hydroxylation is 1. The molecule has 5 nitrogen and oxygen atoms in total. The Bertz CT molecular complexity index is 589. The van der Waals surface area contributed by atoms with Crippen molar-refractivity contribution in [1.29, 1.82) is 0 Å². The van der Waals surface area contributed by atoms with E-state index in [1.54, 1.807) is 6.07 Å². The Kier molecular flexibility index (Phi) is 6.77. The summed E-state index contributed by atoms with van der Waals surface area (Å²) in [4.78, 5) is 23.0. The van der Waals surface area contributed by atoms with E-state index >= 15 is 0 Å². The third-order valence-electron chi connectivity index (χ3n) is 3.44. The van der Waals surface area contributed by atoms with Crippen molar-refractivity contribution in [1.82, 2.24) is 5.32 Å². The van der Waals surface area contributed by atoms with Crippen LogP contribution in [0.3, 0.4) is 0 Å². The molecule has 1 aromatic carbocycles. The maximum Gasteiger partial charge on any atom is 0.416 e. The number of carboxylic acids is 1. The number of benzene rings is 1. The van der Waals surface area contributed by atoms with Crippen LogP contribution in [0.1, 0.15) is 30.9 Å². The average Bonchev–Trinajstić information content (AvgIpc) is 2.46. The molecule has 0 aliphatic rings. The second-order valence-electron chi connectivity index (χ2n) is 5.67. The number of alkyl halides is 3. The lowest BCUT2D eigenvalue weighted by atomic mass is 10.0. The van der Waals surface area contributed by atoms with Crippen LogP contribution >= 0.6 is 0 Å². The number of halogens is 3. The van der Waals surface area contributed by atoms with Crippen LogP contribution in [0.2, 0.25) is 0 Å². The number of amides is 1. The number of hydrogen-bond donors (Lipinski definition) is 2. The van der Waals surface area contributed by atoms with Crippen LogP contribution in [-0.4, -0.2) is 36.2 Å². The highest BCUT2D eigenvalue weighted by molar-refractivity contribution is 5.86. The first-order chi connectivity index (χ1) is 11.1. The summed E-state index contributed by atoms with van der Waals surface area (Å²) in [5.74, 6) is -1.72. The zero-order chi connectivity index (χ0) is 18.4. The van der Waals surface area contributed by atoms with Crippen LogP contribution < -0.4 is 5.32 Å². The van der Waals surface area contributed by atoms with Crippen LogP contribution in [0, 0.1) is 0 Å². The van der Waals surface area contributed by atoms with E-state index in [4.69, 9.17) is 9.84 Å². The number of hydrogen-bond acceptors (Lipinski definition) is 3. The quantitative estimate of drug-likeness (QED) is 0.758. The minimum absolute atomic E-state index is 0.00281. The van der Waals surface area contributed by atoms with Gasteiger partial charge in [-0.25, -0.2) is 4.79 Å². The fraction of sp³-hybridized carbons (Fsp3) is 0.500. The van der Waals surface area contributed by atoms with Gasteiger partial charge in [-0.15, -0.1) is 0 Å². The first-order valence-corrected chi connectivity index (χ1v) is 7.28. The smallest absolute Gasteiger partial charge is 0.416 e. The van der Waals surface area contributed by atoms with Gasteiger partial charge in [0.25, 0.3) is 0 Å². The highest BCUT2D eigenvalue weighted by Crippen LogP contribution is 2.29. The van der Waals surface area contributed by atoms with Gasteiger partial charge in [-0.2, -0.15) is 13.2 Å². The molecule has 0 aliphatic carbocycles. The van der Waals surface area contributed by atoms with E-state index in [-0.39, 0.29) is 19.4 Å². The molecule has 1 aromatic rings. The summed E-state index contributed by atoms with van der Waals surface area (Å²) in [6.07, 6.45) is -3.82. The van der Waals surface area contributed by atoms with Crippen LogP contribution in [-0.2, 0) is 26.9 Å². The third-order valence-corrected chi connectivity index (χ3v) is 3.44. The normalized spacial score (nSPS) is 14.0. The molecule has 1 unspecified atom stereocenters. The number of carbonyl (C=O) groups is 2. The zero-order valence-electron chi connectivity index (χ0n) is 13.4. The Morgan fingerprint density at radius 2 is 1.96 bits per heavy atom. The summed E-state index contributed by atoms with van der Waals surface area (Å²) >= 11 is 0. The average molecular weight is 347 g/mol. The molecule has 8 heteroatoms. The molecule has 0 bridgehead atoms. The van der Waals surface area contributed by atoms with Crippen molar-refractivity contribution in [2.45, 2.75) is 37.9 Å². The van der Waals surface area contributed by atoms with Crippen molar-refractivity contribution in [2.75, 3.05) is 13.7 Å². The second kappa shape index (κ2) is 8.14. The largest absolute Gasteiger partial charge is 0.479 e. The van der Waals surface area contributed by atoms with Gasteiger partial charge in [0.1, 0.15) is 0 Å². The van der Waals surface area contributed by atoms with E-state index in [1.165, 1.54) is 20.1 Å². The van der Waals surface area contributed by atoms with Crippen LogP contribution in [0.4, 0.5) is 13.2 Å². The zero-order valence-corrected chi connectivity index (χ0v) is 13.4. The van der Waals surface area contributed by atoms with Gasteiger partial charge in [0.15, 0.2) is 5.54 Å². The van der Waals surface area contributed by atoms with Crippen molar-refractivity contribution in [3.63, 3.8) is 0 Å². The molecule has 24 heavy (non-hydrogen) atoms. The minimum Gasteiger partial charge on any atom is -0.479 e. The molecule has 0 saturated carbocycles. The Hall–Kier alpha value is -2.09. The van der Waals surface area contributed by atoms with Gasteiger partial charge >= 0.3 is 12.1 Å². The Labute approximate surface area is 137 Å². The lowest BCUT2D eigenvalue weighted by molar-refractivity contribution is -0.149. The van der Waals surface area contributed by atoms with Gasteiger partial charge in [-0.1, -0.05) is 18.2 Å². The first kappa shape index (κ1) is 20.0. The summed E-state index contributed by atoms with van der Waals surface area (Å²) in [5, 5.41) is 11.5. The molecule has 1 atom stereocenters. The lowest BCUT2D eigenvalue weighted by Crippen LogP contribution is -2.55. The maximum atomic E-state index is 12.6. The van der Waals surface area contributed by atoms with Gasteiger partial charge in [0.05, 0.1) is 12.2 Å². The van der Waals surface area contributed by atoms with Gasteiger partial charge in [0.2, 0.25) is 5.91 Å². The Morgan fingerprint density at radius 1 is 1.29 bits per heavy atom. The Balaban J connectivity index is 2.56. The van der Waals surface area contributed by atoms with Crippen LogP contribution in [0.25, 0.3) is 0 Å². The van der Waals surface area contributed by atoms with Gasteiger partial charge < -0.3 is 15.2 Å². The molecule has 1 amide bonds. The van der Waals surface area contributed by atoms with Crippen molar-refractivity contribution in [3.05, 3.63) is 35.4 Å². The highest BCUT2D eigenvalue weighted by Gasteiger charge is 2.34. The van der Waals surface area contributed by atoms with E-state index in [0.29, 0.717) is 12.0 Å². The monoisotopic (exact) mass is 347 g/mol. The number of aliphatic carboxylic acids is 1. The van der Waals surface area contributed by atoms with Gasteiger partial charge in [0, 0.05) is 13.5 Å². The van der Waals surface area contributed by atoms with Gasteiger partial charge in [-0.05, 0) is 31.4 Å². The summed E-state index contributed by atoms with van der Waals surface area (Å²) in [7, 11) is 1.32. The molecule has 0 aliphatic heterocycles. The first-order valence-electron chi connectivity index (χ1n) is 7.28.